The number of esters is 1. The summed E-state index contributed by atoms with van der Waals surface area (Å²) in [6.45, 7) is 2.32. The molecule has 0 bridgehead atoms. The minimum absolute atomic E-state index is 0.0747. The van der Waals surface area contributed by atoms with Gasteiger partial charge in [-0.1, -0.05) is 88.5 Å². The van der Waals surface area contributed by atoms with Crippen LogP contribution in [0, 0.1) is 0 Å². The number of carbonyl (C=O) groups is 2. The number of allylic oxidation sites excluding steroid dienone is 4. The van der Waals surface area contributed by atoms with Gasteiger partial charge in [-0.05, 0) is 84.0 Å². The molecule has 38 heavy (non-hydrogen) atoms. The molecule has 0 aromatic heterocycles. The van der Waals surface area contributed by atoms with Crippen molar-refractivity contribution in [3.05, 3.63) is 24.3 Å². The van der Waals surface area contributed by atoms with E-state index in [1.165, 1.54) is 64.2 Å². The molecular formula is C33H60O5. The van der Waals surface area contributed by atoms with Crippen LogP contribution in [-0.2, 0) is 14.3 Å². The SMILES string of the molecule is CCOC(=O)CCCC/C=C\CCCCCCCCC(O)CCCCCCCC/C=C\CCCCC(=O)O. The molecule has 0 aromatic carbocycles. The van der Waals surface area contributed by atoms with Crippen molar-refractivity contribution in [3.8, 4) is 0 Å². The van der Waals surface area contributed by atoms with Crippen LogP contribution >= 0.6 is 0 Å². The number of aliphatic hydroxyl groups excluding tert-OH is 1. The normalized spacial score (nSPS) is 12.5. The van der Waals surface area contributed by atoms with Gasteiger partial charge in [-0.15, -0.1) is 0 Å². The number of hydrogen-bond donors (Lipinski definition) is 2. The average Bonchev–Trinajstić information content (AvgIpc) is 2.89. The monoisotopic (exact) mass is 536 g/mol. The van der Waals surface area contributed by atoms with Gasteiger partial charge in [0.25, 0.3) is 0 Å². The van der Waals surface area contributed by atoms with Crippen molar-refractivity contribution in [1.82, 2.24) is 0 Å². The van der Waals surface area contributed by atoms with Gasteiger partial charge in [0, 0.05) is 12.8 Å². The van der Waals surface area contributed by atoms with E-state index in [0.29, 0.717) is 13.0 Å². The molecule has 0 fully saturated rings. The minimum atomic E-state index is -0.695. The highest BCUT2D eigenvalue weighted by atomic mass is 16.5. The van der Waals surface area contributed by atoms with Gasteiger partial charge in [-0.3, -0.25) is 9.59 Å². The lowest BCUT2D eigenvalue weighted by molar-refractivity contribution is -0.143. The first-order valence-electron chi connectivity index (χ1n) is 15.9. The van der Waals surface area contributed by atoms with Gasteiger partial charge in [-0.2, -0.15) is 0 Å². The lowest BCUT2D eigenvalue weighted by Gasteiger charge is -2.10. The molecule has 0 radical (unpaired) electrons. The smallest absolute Gasteiger partial charge is 0.305 e. The van der Waals surface area contributed by atoms with E-state index in [-0.39, 0.29) is 18.5 Å². The number of ether oxygens (including phenoxy) is 1. The van der Waals surface area contributed by atoms with E-state index in [9.17, 15) is 14.7 Å². The van der Waals surface area contributed by atoms with Crippen LogP contribution in [0.25, 0.3) is 0 Å². The Hall–Kier alpha value is -1.62. The van der Waals surface area contributed by atoms with Gasteiger partial charge in [0.2, 0.25) is 0 Å². The predicted molar refractivity (Wildman–Crippen MR) is 159 cm³/mol. The summed E-state index contributed by atoms with van der Waals surface area (Å²) >= 11 is 0. The number of rotatable bonds is 29. The molecule has 1 unspecified atom stereocenters. The number of unbranched alkanes of at least 4 members (excludes halogenated alkanes) is 16. The number of carbonyl (C=O) groups excluding carboxylic acids is 1. The van der Waals surface area contributed by atoms with E-state index in [2.05, 4.69) is 24.3 Å². The van der Waals surface area contributed by atoms with Crippen LogP contribution in [0.4, 0.5) is 0 Å². The molecule has 0 saturated carbocycles. The summed E-state index contributed by atoms with van der Waals surface area (Å²) in [5.74, 6) is -0.770. The first-order chi connectivity index (χ1) is 18.6. The summed E-state index contributed by atoms with van der Waals surface area (Å²) in [5.41, 5.74) is 0. The third kappa shape index (κ3) is 30.6. The fourth-order valence-electron chi connectivity index (χ4n) is 4.62. The maximum Gasteiger partial charge on any atom is 0.305 e. The fraction of sp³-hybridized carbons (Fsp3) is 0.818. The molecule has 0 aliphatic rings. The standard InChI is InChI=1S/C33H60O5/c1-2-38-33(37)30-26-22-18-14-10-6-4-8-12-16-20-24-28-31(34)27-23-19-15-11-7-3-5-9-13-17-21-25-29-32(35)36/h9-10,13-14,31,34H,2-8,11-12,15-30H2,1H3,(H,35,36)/b13-9-,14-10-. The molecule has 5 nitrogen and oxygen atoms in total. The number of carboxylic acid groups (broad SMARTS) is 1. The molecule has 222 valence electrons. The maximum atomic E-state index is 11.3. The molecular weight excluding hydrogens is 476 g/mol. The van der Waals surface area contributed by atoms with Crippen molar-refractivity contribution in [3.63, 3.8) is 0 Å². The van der Waals surface area contributed by atoms with E-state index >= 15 is 0 Å². The highest BCUT2D eigenvalue weighted by Crippen LogP contribution is 2.15. The van der Waals surface area contributed by atoms with Gasteiger partial charge < -0.3 is 14.9 Å². The van der Waals surface area contributed by atoms with Crippen molar-refractivity contribution in [2.24, 2.45) is 0 Å². The van der Waals surface area contributed by atoms with Gasteiger partial charge >= 0.3 is 11.9 Å². The van der Waals surface area contributed by atoms with Crippen LogP contribution in [-0.4, -0.2) is 34.9 Å². The van der Waals surface area contributed by atoms with Crippen molar-refractivity contribution < 1.29 is 24.5 Å². The van der Waals surface area contributed by atoms with Crippen LogP contribution in [0.2, 0.25) is 0 Å². The molecule has 2 N–H and O–H groups in total. The third-order valence-electron chi connectivity index (χ3n) is 6.97. The predicted octanol–water partition coefficient (Wildman–Crippen LogP) is 9.47. The topological polar surface area (TPSA) is 83.8 Å². The molecule has 0 amide bonds. The second-order valence-corrected chi connectivity index (χ2v) is 10.7. The van der Waals surface area contributed by atoms with Crippen LogP contribution in [0.1, 0.15) is 161 Å². The fourth-order valence-corrected chi connectivity index (χ4v) is 4.62. The van der Waals surface area contributed by atoms with E-state index in [1.54, 1.807) is 0 Å². The van der Waals surface area contributed by atoms with E-state index in [4.69, 9.17) is 9.84 Å². The van der Waals surface area contributed by atoms with E-state index in [0.717, 1.165) is 77.0 Å². The first kappa shape index (κ1) is 36.4. The summed E-state index contributed by atoms with van der Waals surface area (Å²) in [4.78, 5) is 21.7. The van der Waals surface area contributed by atoms with Gasteiger partial charge in [0.15, 0.2) is 0 Å². The summed E-state index contributed by atoms with van der Waals surface area (Å²) in [5, 5.41) is 18.8. The second kappa shape index (κ2) is 29.9. The Morgan fingerprint density at radius 1 is 0.579 bits per heavy atom. The van der Waals surface area contributed by atoms with Crippen molar-refractivity contribution in [2.75, 3.05) is 6.61 Å². The summed E-state index contributed by atoms with van der Waals surface area (Å²) in [7, 11) is 0. The van der Waals surface area contributed by atoms with Gasteiger partial charge in [0.05, 0.1) is 12.7 Å². The quantitative estimate of drug-likeness (QED) is 0.0565. The number of carboxylic acids is 1. The molecule has 5 heteroatoms. The zero-order valence-electron chi connectivity index (χ0n) is 24.7. The molecule has 1 atom stereocenters. The lowest BCUT2D eigenvalue weighted by Crippen LogP contribution is -2.05. The summed E-state index contributed by atoms with van der Waals surface area (Å²) in [6, 6.07) is 0. The average molecular weight is 537 g/mol. The van der Waals surface area contributed by atoms with Gasteiger partial charge in [0.1, 0.15) is 0 Å². The van der Waals surface area contributed by atoms with Crippen molar-refractivity contribution in [1.29, 1.82) is 0 Å². The van der Waals surface area contributed by atoms with Crippen LogP contribution in [0.5, 0.6) is 0 Å². The van der Waals surface area contributed by atoms with E-state index in [1.807, 2.05) is 6.92 Å². The summed E-state index contributed by atoms with van der Waals surface area (Å²) in [6.07, 6.45) is 34.7. The molecule has 0 saturated heterocycles. The lowest BCUT2D eigenvalue weighted by atomic mass is 10.0. The summed E-state index contributed by atoms with van der Waals surface area (Å²) < 4.78 is 4.93. The molecule has 0 aliphatic carbocycles. The molecule has 0 rings (SSSR count). The molecule has 0 spiro atoms. The third-order valence-corrected chi connectivity index (χ3v) is 6.97. The van der Waals surface area contributed by atoms with Crippen molar-refractivity contribution >= 4 is 11.9 Å². The van der Waals surface area contributed by atoms with E-state index < -0.39 is 5.97 Å². The Morgan fingerprint density at radius 2 is 0.947 bits per heavy atom. The maximum absolute atomic E-state index is 11.3. The minimum Gasteiger partial charge on any atom is -0.481 e. The largest absolute Gasteiger partial charge is 0.481 e. The van der Waals surface area contributed by atoms with Gasteiger partial charge in [-0.25, -0.2) is 0 Å². The Labute approximate surface area is 234 Å². The van der Waals surface area contributed by atoms with Crippen LogP contribution in [0.15, 0.2) is 24.3 Å². The molecule has 0 aromatic rings. The van der Waals surface area contributed by atoms with Crippen LogP contribution in [0.3, 0.4) is 0 Å². The first-order valence-corrected chi connectivity index (χ1v) is 15.9. The molecule has 0 heterocycles. The zero-order chi connectivity index (χ0) is 27.9. The Balaban J connectivity index is 3.28. The number of aliphatic carboxylic acids is 1. The number of aliphatic hydroxyl groups is 1. The highest BCUT2D eigenvalue weighted by molar-refractivity contribution is 5.69. The second-order valence-electron chi connectivity index (χ2n) is 10.7. The molecule has 0 aliphatic heterocycles. The number of hydrogen-bond acceptors (Lipinski definition) is 4. The zero-order valence-corrected chi connectivity index (χ0v) is 24.7. The Kier molecular flexibility index (Phi) is 28.7. The van der Waals surface area contributed by atoms with Crippen LogP contribution < -0.4 is 0 Å². The highest BCUT2D eigenvalue weighted by Gasteiger charge is 2.04. The van der Waals surface area contributed by atoms with Crippen molar-refractivity contribution in [2.45, 2.75) is 167 Å². The Bertz CT molecular complexity index is 584. The Morgan fingerprint density at radius 3 is 1.37 bits per heavy atom.